The van der Waals surface area contributed by atoms with Gasteiger partial charge in [-0.3, -0.25) is 0 Å². The first-order chi connectivity index (χ1) is 19.2. The van der Waals surface area contributed by atoms with Gasteiger partial charge in [0.25, 0.3) is 0 Å². The Hall–Kier alpha value is -1.16. The average molecular weight is 553 g/mol. The lowest BCUT2D eigenvalue weighted by Crippen LogP contribution is -2.35. The molecule has 7 atom stereocenters. The second-order valence-corrected chi connectivity index (χ2v) is 14.4. The van der Waals surface area contributed by atoms with Gasteiger partial charge in [0.15, 0.2) is 0 Å². The van der Waals surface area contributed by atoms with Crippen molar-refractivity contribution < 1.29 is 15.3 Å². The molecule has 4 aliphatic carbocycles. The molecule has 0 aromatic heterocycles. The molecule has 3 nitrogen and oxygen atoms in total. The van der Waals surface area contributed by atoms with Gasteiger partial charge in [0.05, 0.1) is 18.3 Å². The van der Waals surface area contributed by atoms with Gasteiger partial charge in [-0.1, -0.05) is 109 Å². The van der Waals surface area contributed by atoms with Crippen molar-refractivity contribution in [3.63, 3.8) is 0 Å². The molecular weight excluding hydrogens is 492 g/mol. The highest BCUT2D eigenvalue weighted by Gasteiger charge is 2.51. The van der Waals surface area contributed by atoms with Crippen LogP contribution in [-0.2, 0) is 0 Å². The zero-order valence-corrected chi connectivity index (χ0v) is 26.1. The highest BCUT2D eigenvalue weighted by molar-refractivity contribution is 5.38. The Morgan fingerprint density at radius 3 is 2.35 bits per heavy atom. The van der Waals surface area contributed by atoms with Crippen molar-refractivity contribution in [2.45, 2.75) is 155 Å². The van der Waals surface area contributed by atoms with E-state index in [1.807, 2.05) is 0 Å². The van der Waals surface area contributed by atoms with Gasteiger partial charge in [0.2, 0.25) is 0 Å². The van der Waals surface area contributed by atoms with Crippen LogP contribution < -0.4 is 0 Å². The maximum Gasteiger partial charge on any atom is 0.0811 e. The fourth-order valence-electron chi connectivity index (χ4n) is 8.69. The summed E-state index contributed by atoms with van der Waals surface area (Å²) in [6.45, 7) is 11.3. The number of allylic oxidation sites excluding steroid dienone is 4. The summed E-state index contributed by atoms with van der Waals surface area (Å²) in [6, 6.07) is 0. The van der Waals surface area contributed by atoms with Crippen LogP contribution in [-0.4, -0.2) is 33.6 Å². The molecule has 226 valence electrons. The lowest BCUT2D eigenvalue weighted by Gasteiger charge is -2.44. The minimum Gasteiger partial charge on any atom is -0.393 e. The van der Waals surface area contributed by atoms with Crippen molar-refractivity contribution in [1.29, 1.82) is 0 Å². The third kappa shape index (κ3) is 7.61. The molecule has 0 radical (unpaired) electrons. The standard InChI is InChI=1S/C37H60O3/c1-5-6-7-8-9-10-11-12-22-37(23-24-37)35(40)20-15-27(2)32-18-19-33-29(14-13-21-36(32,33)4)16-17-30-25-31(38)26-34(39)28(30)3/h15-17,20,27,31-35,38-40H,3,5-14,18-19,21-26H2,1-2,4H3/b20-15+,29-16+,30-17-/t27-,31-,32-,33+,34+,35-,36-/m1/s1. The van der Waals surface area contributed by atoms with E-state index >= 15 is 0 Å². The van der Waals surface area contributed by atoms with Crippen LogP contribution in [0.2, 0.25) is 0 Å². The topological polar surface area (TPSA) is 60.7 Å². The Morgan fingerprint density at radius 2 is 1.65 bits per heavy atom. The molecule has 0 bridgehead atoms. The molecule has 0 amide bonds. The van der Waals surface area contributed by atoms with Gasteiger partial charge in [-0.25, -0.2) is 0 Å². The Bertz CT molecular complexity index is 924. The van der Waals surface area contributed by atoms with E-state index in [2.05, 4.69) is 51.7 Å². The van der Waals surface area contributed by atoms with Gasteiger partial charge in [-0.05, 0) is 97.5 Å². The Labute approximate surface area is 245 Å². The molecule has 4 saturated carbocycles. The molecule has 4 aliphatic rings. The van der Waals surface area contributed by atoms with Gasteiger partial charge in [-0.15, -0.1) is 0 Å². The molecule has 0 aromatic rings. The maximum absolute atomic E-state index is 11.2. The van der Waals surface area contributed by atoms with Crippen molar-refractivity contribution in [2.75, 3.05) is 0 Å². The summed E-state index contributed by atoms with van der Waals surface area (Å²) in [7, 11) is 0. The van der Waals surface area contributed by atoms with Crippen molar-refractivity contribution in [2.24, 2.45) is 28.6 Å². The van der Waals surface area contributed by atoms with Crippen LogP contribution in [0, 0.1) is 28.6 Å². The van der Waals surface area contributed by atoms with Gasteiger partial charge in [-0.2, -0.15) is 0 Å². The predicted molar refractivity (Wildman–Crippen MR) is 168 cm³/mol. The third-order valence-electron chi connectivity index (χ3n) is 11.6. The van der Waals surface area contributed by atoms with Crippen LogP contribution in [0.4, 0.5) is 0 Å². The molecular formula is C37H60O3. The zero-order valence-electron chi connectivity index (χ0n) is 26.1. The lowest BCUT2D eigenvalue weighted by atomic mass is 9.61. The van der Waals surface area contributed by atoms with Gasteiger partial charge < -0.3 is 15.3 Å². The van der Waals surface area contributed by atoms with Crippen molar-refractivity contribution in [1.82, 2.24) is 0 Å². The summed E-state index contributed by atoms with van der Waals surface area (Å²) in [6.07, 6.45) is 29.1. The maximum atomic E-state index is 11.2. The summed E-state index contributed by atoms with van der Waals surface area (Å²) in [4.78, 5) is 0. The van der Waals surface area contributed by atoms with E-state index in [4.69, 9.17) is 0 Å². The fourth-order valence-corrected chi connectivity index (χ4v) is 8.69. The summed E-state index contributed by atoms with van der Waals surface area (Å²) < 4.78 is 0. The van der Waals surface area contributed by atoms with Crippen LogP contribution in [0.1, 0.15) is 136 Å². The first kappa shape index (κ1) is 31.8. The molecule has 0 saturated heterocycles. The molecule has 0 spiro atoms. The third-order valence-corrected chi connectivity index (χ3v) is 11.6. The first-order valence-corrected chi connectivity index (χ1v) is 17.0. The van der Waals surface area contributed by atoms with E-state index in [1.54, 1.807) is 5.57 Å². The summed E-state index contributed by atoms with van der Waals surface area (Å²) in [5.41, 5.74) is 3.79. The van der Waals surface area contributed by atoms with Crippen LogP contribution in [0.15, 0.2) is 47.6 Å². The summed E-state index contributed by atoms with van der Waals surface area (Å²) in [5.74, 6) is 1.73. The van der Waals surface area contributed by atoms with Crippen LogP contribution in [0.25, 0.3) is 0 Å². The minimum absolute atomic E-state index is 0.166. The molecule has 0 unspecified atom stereocenters. The lowest BCUT2D eigenvalue weighted by molar-refractivity contribution is 0.0862. The van der Waals surface area contributed by atoms with E-state index in [-0.39, 0.29) is 11.5 Å². The number of aliphatic hydroxyl groups excluding tert-OH is 3. The van der Waals surface area contributed by atoms with Gasteiger partial charge in [0, 0.05) is 6.42 Å². The number of rotatable bonds is 14. The number of hydrogen-bond acceptors (Lipinski definition) is 3. The van der Waals surface area contributed by atoms with Crippen molar-refractivity contribution in [3.05, 3.63) is 47.6 Å². The smallest absolute Gasteiger partial charge is 0.0811 e. The first-order valence-electron chi connectivity index (χ1n) is 17.0. The van der Waals surface area contributed by atoms with E-state index in [0.29, 0.717) is 36.0 Å². The minimum atomic E-state index is -0.626. The molecule has 0 aromatic carbocycles. The second kappa shape index (κ2) is 14.3. The molecule has 4 fully saturated rings. The Balaban J connectivity index is 1.30. The quantitative estimate of drug-likeness (QED) is 0.149. The number of fused-ring (bicyclic) bond motifs is 1. The number of hydrogen-bond donors (Lipinski definition) is 3. The van der Waals surface area contributed by atoms with Gasteiger partial charge in [0.1, 0.15) is 0 Å². The van der Waals surface area contributed by atoms with E-state index in [9.17, 15) is 15.3 Å². The summed E-state index contributed by atoms with van der Waals surface area (Å²) >= 11 is 0. The van der Waals surface area contributed by atoms with E-state index < -0.39 is 12.2 Å². The number of unbranched alkanes of at least 4 members (excludes halogenated alkanes) is 7. The molecule has 40 heavy (non-hydrogen) atoms. The Morgan fingerprint density at radius 1 is 0.950 bits per heavy atom. The second-order valence-electron chi connectivity index (χ2n) is 14.4. The normalized spacial score (nSPS) is 35.4. The van der Waals surface area contributed by atoms with Crippen LogP contribution in [0.3, 0.4) is 0 Å². The SMILES string of the molecule is C=C1/C(=C\C=C2/CCC[C@]3(C)[C@@H]([C@H](C)/C=C/[C@@H](O)C4(CCCCCCCCCC)CC4)CC[C@@H]23)C[C@@H](O)C[C@@H]1O. The monoisotopic (exact) mass is 552 g/mol. The van der Waals surface area contributed by atoms with Crippen LogP contribution >= 0.6 is 0 Å². The Kier molecular flexibility index (Phi) is 11.4. The zero-order chi connectivity index (χ0) is 28.8. The predicted octanol–water partition coefficient (Wildman–Crippen LogP) is 8.99. The van der Waals surface area contributed by atoms with E-state index in [1.165, 1.54) is 96.3 Å². The van der Waals surface area contributed by atoms with Crippen LogP contribution in [0.5, 0.6) is 0 Å². The highest BCUT2D eigenvalue weighted by atomic mass is 16.3. The highest BCUT2D eigenvalue weighted by Crippen LogP contribution is 2.60. The van der Waals surface area contributed by atoms with E-state index in [0.717, 1.165) is 17.6 Å². The van der Waals surface area contributed by atoms with Gasteiger partial charge >= 0.3 is 0 Å². The van der Waals surface area contributed by atoms with Crippen molar-refractivity contribution in [3.8, 4) is 0 Å². The largest absolute Gasteiger partial charge is 0.393 e. The average Bonchev–Trinajstić information content (AvgIpc) is 3.63. The summed E-state index contributed by atoms with van der Waals surface area (Å²) in [5, 5.41) is 31.6. The van der Waals surface area contributed by atoms with Crippen molar-refractivity contribution >= 4 is 0 Å². The molecule has 3 heteroatoms. The molecule has 0 heterocycles. The molecule has 3 N–H and O–H groups in total. The fraction of sp³-hybridized carbons (Fsp3) is 0.784. The molecule has 0 aliphatic heterocycles. The number of aliphatic hydroxyl groups is 3. The molecule has 4 rings (SSSR count).